The van der Waals surface area contributed by atoms with E-state index in [2.05, 4.69) is 11.1 Å². The fraction of sp³-hybridized carbons (Fsp3) is 0.286. The Kier molecular flexibility index (Phi) is 4.04. The third-order valence-corrected chi connectivity index (χ3v) is 4.97. The lowest BCUT2D eigenvalue weighted by atomic mass is 9.93. The van der Waals surface area contributed by atoms with Crippen molar-refractivity contribution in [3.05, 3.63) is 71.2 Å². The number of hydrogen-bond acceptors (Lipinski definition) is 2. The lowest BCUT2D eigenvalue weighted by Crippen LogP contribution is -2.08. The normalized spacial score (nSPS) is 19.1. The second-order valence-corrected chi connectivity index (χ2v) is 6.55. The number of hydrogen-bond donors (Lipinski definition) is 1. The van der Waals surface area contributed by atoms with Gasteiger partial charge in [-0.05, 0) is 35.6 Å². The smallest absolute Gasteiger partial charge is 0.306 e. The minimum atomic E-state index is -0.249. The molecular formula is C21H20FNO2. The minimum absolute atomic E-state index is 0.0891. The van der Waals surface area contributed by atoms with Crippen molar-refractivity contribution < 1.29 is 13.9 Å². The number of aromatic amines is 1. The average molecular weight is 337 g/mol. The van der Waals surface area contributed by atoms with Crippen LogP contribution in [-0.2, 0) is 9.53 Å². The minimum Gasteiger partial charge on any atom is -0.457 e. The molecule has 128 valence electrons. The summed E-state index contributed by atoms with van der Waals surface area (Å²) in [6.07, 6.45) is 3.54. The van der Waals surface area contributed by atoms with Gasteiger partial charge in [0, 0.05) is 23.9 Å². The van der Waals surface area contributed by atoms with E-state index in [-0.39, 0.29) is 23.8 Å². The van der Waals surface area contributed by atoms with Gasteiger partial charge >= 0.3 is 5.97 Å². The van der Waals surface area contributed by atoms with Gasteiger partial charge in [-0.2, -0.15) is 0 Å². The van der Waals surface area contributed by atoms with Gasteiger partial charge in [0.1, 0.15) is 11.9 Å². The van der Waals surface area contributed by atoms with Gasteiger partial charge in [0.25, 0.3) is 0 Å². The van der Waals surface area contributed by atoms with Crippen LogP contribution < -0.4 is 0 Å². The molecule has 0 saturated heterocycles. The van der Waals surface area contributed by atoms with E-state index in [0.29, 0.717) is 18.4 Å². The van der Waals surface area contributed by atoms with E-state index < -0.39 is 0 Å². The standard InChI is InChI=1S/C21H20FNO2/c1-2-6-20(24)25-19-11-16(13-7-3-4-8-14(13)19)17-12-23-21-15(17)9-5-10-18(21)22/h3-5,7-10,12,16,19,23H,2,6,11H2,1H3/t16-,19+/m0/s1. The molecule has 2 atom stereocenters. The van der Waals surface area contributed by atoms with E-state index in [1.54, 1.807) is 6.07 Å². The van der Waals surface area contributed by atoms with Crippen molar-refractivity contribution in [1.29, 1.82) is 0 Å². The van der Waals surface area contributed by atoms with Gasteiger partial charge < -0.3 is 9.72 Å². The topological polar surface area (TPSA) is 42.1 Å². The molecule has 0 amide bonds. The van der Waals surface area contributed by atoms with Crippen molar-refractivity contribution in [3.63, 3.8) is 0 Å². The lowest BCUT2D eigenvalue weighted by Gasteiger charge is -2.13. The molecule has 0 radical (unpaired) electrons. The zero-order chi connectivity index (χ0) is 17.4. The van der Waals surface area contributed by atoms with Crippen LogP contribution >= 0.6 is 0 Å². The number of carbonyl (C=O) groups excluding carboxylic acids is 1. The van der Waals surface area contributed by atoms with Crippen molar-refractivity contribution in [2.24, 2.45) is 0 Å². The number of ether oxygens (including phenoxy) is 1. The van der Waals surface area contributed by atoms with Gasteiger partial charge in [0.05, 0.1) is 5.52 Å². The molecule has 4 heteroatoms. The number of H-pyrrole nitrogens is 1. The number of carbonyl (C=O) groups is 1. The molecule has 3 aromatic rings. The Morgan fingerprint density at radius 2 is 1.96 bits per heavy atom. The van der Waals surface area contributed by atoms with Crippen LogP contribution in [0.2, 0.25) is 0 Å². The highest BCUT2D eigenvalue weighted by molar-refractivity contribution is 5.85. The Morgan fingerprint density at radius 3 is 2.76 bits per heavy atom. The van der Waals surface area contributed by atoms with Gasteiger partial charge in [0.15, 0.2) is 0 Å². The molecule has 1 aliphatic rings. The summed E-state index contributed by atoms with van der Waals surface area (Å²) in [5.41, 5.74) is 3.79. The summed E-state index contributed by atoms with van der Waals surface area (Å²) in [4.78, 5) is 15.0. The molecule has 1 N–H and O–H groups in total. The zero-order valence-electron chi connectivity index (χ0n) is 14.1. The molecular weight excluding hydrogens is 317 g/mol. The van der Waals surface area contributed by atoms with Crippen LogP contribution in [0.4, 0.5) is 4.39 Å². The van der Waals surface area contributed by atoms with Crippen LogP contribution in [0.1, 0.15) is 54.9 Å². The quantitative estimate of drug-likeness (QED) is 0.663. The largest absolute Gasteiger partial charge is 0.457 e. The first-order valence-corrected chi connectivity index (χ1v) is 8.72. The van der Waals surface area contributed by atoms with Gasteiger partial charge in [-0.25, -0.2) is 4.39 Å². The molecule has 1 aromatic heterocycles. The van der Waals surface area contributed by atoms with E-state index in [1.807, 2.05) is 37.4 Å². The number of esters is 1. The zero-order valence-corrected chi connectivity index (χ0v) is 14.1. The van der Waals surface area contributed by atoms with Crippen molar-refractivity contribution >= 4 is 16.9 Å². The van der Waals surface area contributed by atoms with E-state index in [9.17, 15) is 9.18 Å². The predicted molar refractivity (Wildman–Crippen MR) is 94.9 cm³/mol. The molecule has 25 heavy (non-hydrogen) atoms. The Morgan fingerprint density at radius 1 is 1.16 bits per heavy atom. The second-order valence-electron chi connectivity index (χ2n) is 6.55. The third kappa shape index (κ3) is 2.72. The molecule has 3 nitrogen and oxygen atoms in total. The molecule has 1 aliphatic carbocycles. The summed E-state index contributed by atoms with van der Waals surface area (Å²) >= 11 is 0. The number of para-hydroxylation sites is 1. The number of benzene rings is 2. The first-order valence-electron chi connectivity index (χ1n) is 8.72. The Balaban J connectivity index is 1.73. The fourth-order valence-corrected chi connectivity index (χ4v) is 3.84. The molecule has 0 aliphatic heterocycles. The number of halogens is 1. The van der Waals surface area contributed by atoms with Crippen LogP contribution in [0, 0.1) is 5.82 Å². The van der Waals surface area contributed by atoms with Crippen LogP contribution in [-0.4, -0.2) is 11.0 Å². The summed E-state index contributed by atoms with van der Waals surface area (Å²) in [5.74, 6) is -0.319. The fourth-order valence-electron chi connectivity index (χ4n) is 3.84. The highest BCUT2D eigenvalue weighted by Crippen LogP contribution is 2.47. The molecule has 0 fully saturated rings. The average Bonchev–Trinajstić information content (AvgIpc) is 3.18. The Hall–Kier alpha value is -2.62. The van der Waals surface area contributed by atoms with Crippen LogP contribution in [0.25, 0.3) is 10.9 Å². The number of aromatic nitrogens is 1. The summed E-state index contributed by atoms with van der Waals surface area (Å²) in [7, 11) is 0. The van der Waals surface area contributed by atoms with E-state index >= 15 is 0 Å². The van der Waals surface area contributed by atoms with Gasteiger partial charge in [-0.15, -0.1) is 0 Å². The first kappa shape index (κ1) is 15.9. The maximum Gasteiger partial charge on any atom is 0.306 e. The third-order valence-electron chi connectivity index (χ3n) is 4.97. The molecule has 0 saturated carbocycles. The molecule has 1 heterocycles. The molecule has 4 rings (SSSR count). The van der Waals surface area contributed by atoms with Crippen molar-refractivity contribution in [3.8, 4) is 0 Å². The second kappa shape index (κ2) is 6.36. The van der Waals surface area contributed by atoms with Crippen LogP contribution in [0.15, 0.2) is 48.7 Å². The summed E-state index contributed by atoms with van der Waals surface area (Å²) < 4.78 is 19.7. The van der Waals surface area contributed by atoms with Crippen LogP contribution in [0.3, 0.4) is 0 Å². The van der Waals surface area contributed by atoms with E-state index in [4.69, 9.17) is 4.74 Å². The Labute approximate surface area is 145 Å². The predicted octanol–water partition coefficient (Wildman–Crippen LogP) is 5.23. The first-order chi connectivity index (χ1) is 12.2. The Bertz CT molecular complexity index is 931. The van der Waals surface area contributed by atoms with E-state index in [0.717, 1.165) is 28.5 Å². The van der Waals surface area contributed by atoms with Crippen molar-refractivity contribution in [2.45, 2.75) is 38.2 Å². The summed E-state index contributed by atoms with van der Waals surface area (Å²) in [5, 5.41) is 0.889. The number of rotatable bonds is 4. The van der Waals surface area contributed by atoms with Gasteiger partial charge in [0.2, 0.25) is 0 Å². The van der Waals surface area contributed by atoms with Crippen LogP contribution in [0.5, 0.6) is 0 Å². The van der Waals surface area contributed by atoms with Crippen molar-refractivity contribution in [1.82, 2.24) is 4.98 Å². The summed E-state index contributed by atoms with van der Waals surface area (Å²) in [6.45, 7) is 1.97. The number of nitrogens with one attached hydrogen (secondary N) is 1. The summed E-state index contributed by atoms with van der Waals surface area (Å²) in [6, 6.07) is 13.2. The maximum atomic E-state index is 14.0. The maximum absolute atomic E-state index is 14.0. The molecule has 0 bridgehead atoms. The monoisotopic (exact) mass is 337 g/mol. The lowest BCUT2D eigenvalue weighted by molar-refractivity contribution is -0.149. The van der Waals surface area contributed by atoms with Gasteiger partial charge in [-0.3, -0.25) is 4.79 Å². The van der Waals surface area contributed by atoms with Gasteiger partial charge in [-0.1, -0.05) is 43.3 Å². The molecule has 0 spiro atoms. The molecule has 2 aromatic carbocycles. The highest BCUT2D eigenvalue weighted by Gasteiger charge is 2.35. The highest BCUT2D eigenvalue weighted by atomic mass is 19.1. The van der Waals surface area contributed by atoms with Crippen molar-refractivity contribution in [2.75, 3.05) is 0 Å². The SMILES string of the molecule is CCCC(=O)O[C@@H]1C[C@H](c2c[nH]c3c(F)cccc23)c2ccccc21. The van der Waals surface area contributed by atoms with E-state index in [1.165, 1.54) is 6.07 Å². The number of fused-ring (bicyclic) bond motifs is 2. The molecule has 0 unspecified atom stereocenters.